The number of nitro groups is 1. The summed E-state index contributed by atoms with van der Waals surface area (Å²) in [7, 11) is 1.79. The highest BCUT2D eigenvalue weighted by molar-refractivity contribution is 5.94. The third kappa shape index (κ3) is 3.39. The van der Waals surface area contributed by atoms with Crippen LogP contribution >= 0.6 is 0 Å². The van der Waals surface area contributed by atoms with Crippen molar-refractivity contribution in [3.8, 4) is 0 Å². The predicted molar refractivity (Wildman–Crippen MR) is 67.6 cm³/mol. The highest BCUT2D eigenvalue weighted by atomic mass is 16.6. The van der Waals surface area contributed by atoms with Gasteiger partial charge in [-0.3, -0.25) is 10.1 Å². The summed E-state index contributed by atoms with van der Waals surface area (Å²) in [6.07, 6.45) is 3.87. The number of benzene rings is 1. The average molecular weight is 250 g/mol. The minimum atomic E-state index is -1.17. The number of hydrogen-bond donors (Lipinski definition) is 2. The molecule has 0 aromatic heterocycles. The van der Waals surface area contributed by atoms with E-state index in [1.54, 1.807) is 13.1 Å². The van der Waals surface area contributed by atoms with Crippen molar-refractivity contribution in [1.29, 1.82) is 0 Å². The second-order valence-corrected chi connectivity index (χ2v) is 3.60. The van der Waals surface area contributed by atoms with Crippen LogP contribution in [0.2, 0.25) is 0 Å². The Hall–Kier alpha value is -2.21. The van der Waals surface area contributed by atoms with Crippen LogP contribution in [0.25, 0.3) is 6.08 Å². The van der Waals surface area contributed by atoms with E-state index in [0.29, 0.717) is 6.42 Å². The smallest absolute Gasteiger partial charge is 0.336 e. The molecule has 96 valence electrons. The molecule has 0 aliphatic carbocycles. The molecule has 0 spiro atoms. The first kappa shape index (κ1) is 13.9. The summed E-state index contributed by atoms with van der Waals surface area (Å²) in [5, 5.41) is 22.8. The van der Waals surface area contributed by atoms with Crippen LogP contribution in [-0.2, 0) is 0 Å². The van der Waals surface area contributed by atoms with E-state index >= 15 is 0 Å². The van der Waals surface area contributed by atoms with Crippen molar-refractivity contribution in [1.82, 2.24) is 5.32 Å². The quantitative estimate of drug-likeness (QED) is 0.457. The molecule has 1 rings (SSSR count). The molecule has 6 heteroatoms. The lowest BCUT2D eigenvalue weighted by Gasteiger charge is -2.02. The zero-order valence-corrected chi connectivity index (χ0v) is 9.92. The van der Waals surface area contributed by atoms with Gasteiger partial charge < -0.3 is 10.4 Å². The van der Waals surface area contributed by atoms with Crippen LogP contribution in [0.15, 0.2) is 24.3 Å². The maximum absolute atomic E-state index is 11.0. The van der Waals surface area contributed by atoms with Crippen molar-refractivity contribution in [2.75, 3.05) is 13.6 Å². The van der Waals surface area contributed by atoms with Gasteiger partial charge in [0.25, 0.3) is 5.69 Å². The first-order valence-corrected chi connectivity index (χ1v) is 5.39. The maximum atomic E-state index is 11.0. The Morgan fingerprint density at radius 3 is 2.83 bits per heavy atom. The molecule has 0 heterocycles. The second-order valence-electron chi connectivity index (χ2n) is 3.60. The van der Waals surface area contributed by atoms with Crippen molar-refractivity contribution in [2.45, 2.75) is 6.42 Å². The molecule has 1 aromatic carbocycles. The van der Waals surface area contributed by atoms with E-state index in [-0.39, 0.29) is 16.8 Å². The summed E-state index contributed by atoms with van der Waals surface area (Å²) in [5.74, 6) is -1.17. The summed E-state index contributed by atoms with van der Waals surface area (Å²) >= 11 is 0. The van der Waals surface area contributed by atoms with Gasteiger partial charge >= 0.3 is 5.97 Å². The Kier molecular flexibility index (Phi) is 5.01. The van der Waals surface area contributed by atoms with E-state index in [2.05, 4.69) is 5.32 Å². The van der Waals surface area contributed by atoms with Gasteiger partial charge in [-0.25, -0.2) is 4.79 Å². The molecule has 0 saturated heterocycles. The van der Waals surface area contributed by atoms with Crippen LogP contribution in [0, 0.1) is 10.1 Å². The van der Waals surface area contributed by atoms with E-state index in [9.17, 15) is 14.9 Å². The molecule has 0 aliphatic heterocycles. The molecule has 0 atom stereocenters. The van der Waals surface area contributed by atoms with Crippen LogP contribution in [0.4, 0.5) is 5.69 Å². The lowest BCUT2D eigenvalue weighted by molar-refractivity contribution is -0.385. The topological polar surface area (TPSA) is 92.5 Å². The van der Waals surface area contributed by atoms with Gasteiger partial charge in [0, 0.05) is 6.07 Å². The zero-order chi connectivity index (χ0) is 13.5. The molecule has 0 unspecified atom stereocenters. The predicted octanol–water partition coefficient (Wildman–Crippen LogP) is 1.92. The van der Waals surface area contributed by atoms with E-state index in [1.165, 1.54) is 24.3 Å². The first-order valence-electron chi connectivity index (χ1n) is 5.39. The Labute approximate surface area is 104 Å². The van der Waals surface area contributed by atoms with Gasteiger partial charge in [-0.2, -0.15) is 0 Å². The molecule has 0 amide bonds. The fourth-order valence-corrected chi connectivity index (χ4v) is 1.50. The van der Waals surface area contributed by atoms with E-state index < -0.39 is 10.9 Å². The van der Waals surface area contributed by atoms with Gasteiger partial charge in [-0.15, -0.1) is 0 Å². The third-order valence-electron chi connectivity index (χ3n) is 2.36. The van der Waals surface area contributed by atoms with Crippen LogP contribution in [0.5, 0.6) is 0 Å². The molecular weight excluding hydrogens is 236 g/mol. The van der Waals surface area contributed by atoms with E-state index in [1.807, 2.05) is 0 Å². The number of nitrogens with zero attached hydrogens (tertiary/aromatic N) is 1. The lowest BCUT2D eigenvalue weighted by atomic mass is 10.0. The fourth-order valence-electron chi connectivity index (χ4n) is 1.50. The normalized spacial score (nSPS) is 10.7. The van der Waals surface area contributed by atoms with Crippen molar-refractivity contribution >= 4 is 17.7 Å². The van der Waals surface area contributed by atoms with Gasteiger partial charge in [-0.1, -0.05) is 18.2 Å². The standard InChI is InChI=1S/C12H14N2O4/c1-13-8-3-2-5-9-10(12(15)16)6-4-7-11(9)14(17)18/h2,4-7,13H,3,8H2,1H3,(H,15,16). The van der Waals surface area contributed by atoms with Gasteiger partial charge in [-0.05, 0) is 26.1 Å². The Morgan fingerprint density at radius 2 is 2.28 bits per heavy atom. The number of hydrogen-bond acceptors (Lipinski definition) is 4. The summed E-state index contributed by atoms with van der Waals surface area (Å²) in [6, 6.07) is 4.02. The number of carboxylic acid groups (broad SMARTS) is 1. The van der Waals surface area contributed by atoms with Crippen LogP contribution < -0.4 is 5.32 Å². The van der Waals surface area contributed by atoms with Gasteiger partial charge in [0.2, 0.25) is 0 Å². The highest BCUT2D eigenvalue weighted by Crippen LogP contribution is 2.24. The van der Waals surface area contributed by atoms with E-state index in [4.69, 9.17) is 5.11 Å². The van der Waals surface area contributed by atoms with Crippen LogP contribution in [-0.4, -0.2) is 29.6 Å². The average Bonchev–Trinajstić information content (AvgIpc) is 2.34. The van der Waals surface area contributed by atoms with Crippen molar-refractivity contribution in [2.24, 2.45) is 0 Å². The molecule has 0 bridgehead atoms. The minimum Gasteiger partial charge on any atom is -0.478 e. The van der Waals surface area contributed by atoms with Crippen LogP contribution in [0.3, 0.4) is 0 Å². The number of carbonyl (C=O) groups is 1. The number of carboxylic acids is 1. The second kappa shape index (κ2) is 6.51. The van der Waals surface area contributed by atoms with Crippen molar-refractivity contribution in [3.05, 3.63) is 45.5 Å². The summed E-state index contributed by atoms with van der Waals surface area (Å²) in [5.41, 5.74) is -0.133. The van der Waals surface area contributed by atoms with Crippen molar-refractivity contribution < 1.29 is 14.8 Å². The number of aromatic carboxylic acids is 1. The molecule has 2 N–H and O–H groups in total. The molecule has 1 aromatic rings. The summed E-state index contributed by atoms with van der Waals surface area (Å²) in [6.45, 7) is 0.722. The van der Waals surface area contributed by atoms with E-state index in [0.717, 1.165) is 6.54 Å². The SMILES string of the molecule is CNCCC=Cc1c(C(=O)O)cccc1[N+](=O)[O-]. The Bertz CT molecular complexity index is 451. The molecule has 0 fully saturated rings. The summed E-state index contributed by atoms with van der Waals surface area (Å²) < 4.78 is 0. The monoisotopic (exact) mass is 250 g/mol. The van der Waals surface area contributed by atoms with Crippen LogP contribution in [0.1, 0.15) is 22.3 Å². The minimum absolute atomic E-state index is 0.0649. The highest BCUT2D eigenvalue weighted by Gasteiger charge is 2.18. The molecule has 6 nitrogen and oxygen atoms in total. The molecule has 18 heavy (non-hydrogen) atoms. The van der Waals surface area contributed by atoms with Gasteiger partial charge in [0.15, 0.2) is 0 Å². The largest absolute Gasteiger partial charge is 0.478 e. The maximum Gasteiger partial charge on any atom is 0.336 e. The Morgan fingerprint density at radius 1 is 1.56 bits per heavy atom. The number of nitrogens with one attached hydrogen (secondary N) is 1. The third-order valence-corrected chi connectivity index (χ3v) is 2.36. The zero-order valence-electron chi connectivity index (χ0n) is 9.92. The number of nitro benzene ring substituents is 1. The molecule has 0 radical (unpaired) electrons. The first-order chi connectivity index (χ1) is 8.57. The molecular formula is C12H14N2O4. The van der Waals surface area contributed by atoms with Crippen molar-refractivity contribution in [3.63, 3.8) is 0 Å². The number of rotatable bonds is 6. The summed E-state index contributed by atoms with van der Waals surface area (Å²) in [4.78, 5) is 21.3. The van der Waals surface area contributed by atoms with Gasteiger partial charge in [0.1, 0.15) is 0 Å². The Balaban J connectivity index is 3.15. The molecule has 0 aliphatic rings. The molecule has 0 saturated carbocycles. The lowest BCUT2D eigenvalue weighted by Crippen LogP contribution is -2.06. The van der Waals surface area contributed by atoms with Gasteiger partial charge in [0.05, 0.1) is 16.1 Å². The fraction of sp³-hybridized carbons (Fsp3) is 0.250.